The topological polar surface area (TPSA) is 86.7 Å². The van der Waals surface area contributed by atoms with Crippen molar-refractivity contribution in [2.75, 3.05) is 13.2 Å². The van der Waals surface area contributed by atoms with Crippen LogP contribution in [-0.4, -0.2) is 36.7 Å². The summed E-state index contributed by atoms with van der Waals surface area (Å²) in [7, 11) is 0. The Balaban J connectivity index is 4.06. The summed E-state index contributed by atoms with van der Waals surface area (Å²) in [6.45, 7) is 3.64. The Hall–Kier alpha value is -1.98. The lowest BCUT2D eigenvalue weighted by molar-refractivity contribution is -0.146. The molecular formula is C12H16O6. The van der Waals surface area contributed by atoms with Crippen molar-refractivity contribution < 1.29 is 28.7 Å². The first kappa shape index (κ1) is 16.0. The zero-order valence-electron chi connectivity index (χ0n) is 10.4. The Labute approximate surface area is 105 Å². The highest BCUT2D eigenvalue weighted by atomic mass is 16.5. The summed E-state index contributed by atoms with van der Waals surface area (Å²) >= 11 is 0. The van der Waals surface area contributed by atoms with Crippen LogP contribution < -0.4 is 0 Å². The highest BCUT2D eigenvalue weighted by molar-refractivity contribution is 6.08. The largest absolute Gasteiger partial charge is 0.466 e. The predicted octanol–water partition coefficient (Wildman–Crippen LogP) is 0.587. The van der Waals surface area contributed by atoms with Gasteiger partial charge in [-0.05, 0) is 26.0 Å². The van der Waals surface area contributed by atoms with Crippen LogP contribution in [0.2, 0.25) is 0 Å². The van der Waals surface area contributed by atoms with Crippen LogP contribution in [0.15, 0.2) is 12.2 Å². The normalized spacial score (nSPS) is 10.1. The number of ether oxygens (including phenoxy) is 2. The minimum absolute atomic E-state index is 0.192. The summed E-state index contributed by atoms with van der Waals surface area (Å²) in [6, 6.07) is 0. The number of hydrogen-bond donors (Lipinski definition) is 0. The zero-order chi connectivity index (χ0) is 14.0. The minimum atomic E-state index is -0.648. The Bertz CT molecular complexity index is 322. The molecule has 0 aliphatic heterocycles. The molecule has 6 heteroatoms. The number of allylic oxidation sites excluding steroid dienone is 2. The van der Waals surface area contributed by atoms with E-state index in [-0.39, 0.29) is 13.2 Å². The van der Waals surface area contributed by atoms with Gasteiger partial charge in [0.25, 0.3) is 0 Å². The molecule has 0 aliphatic rings. The van der Waals surface area contributed by atoms with E-state index in [1.807, 2.05) is 0 Å². The van der Waals surface area contributed by atoms with Crippen LogP contribution in [0, 0.1) is 0 Å². The maximum absolute atomic E-state index is 11.2. The van der Waals surface area contributed by atoms with Crippen LogP contribution in [0.3, 0.4) is 0 Å². The van der Waals surface area contributed by atoms with Gasteiger partial charge in [-0.1, -0.05) is 0 Å². The van der Waals surface area contributed by atoms with Crippen LogP contribution in [0.25, 0.3) is 0 Å². The Morgan fingerprint density at radius 2 is 1.11 bits per heavy atom. The molecule has 0 heterocycles. The van der Waals surface area contributed by atoms with Crippen molar-refractivity contribution in [3.8, 4) is 0 Å². The maximum atomic E-state index is 11.2. The van der Waals surface area contributed by atoms with Crippen molar-refractivity contribution >= 4 is 23.5 Å². The molecule has 100 valence electrons. The van der Waals surface area contributed by atoms with Crippen LogP contribution in [0.1, 0.15) is 26.7 Å². The van der Waals surface area contributed by atoms with Gasteiger partial charge < -0.3 is 9.47 Å². The van der Waals surface area contributed by atoms with Crippen LogP contribution >= 0.6 is 0 Å². The van der Waals surface area contributed by atoms with Gasteiger partial charge in [0.05, 0.1) is 13.2 Å². The number of ketones is 2. The second-order valence-electron chi connectivity index (χ2n) is 3.23. The van der Waals surface area contributed by atoms with Crippen molar-refractivity contribution in [2.45, 2.75) is 26.7 Å². The molecule has 0 radical (unpaired) electrons. The Morgan fingerprint density at radius 3 is 1.39 bits per heavy atom. The van der Waals surface area contributed by atoms with Gasteiger partial charge >= 0.3 is 11.9 Å². The molecule has 0 spiro atoms. The standard InChI is InChI=1S/C12H16O6/c1-3-17-11(15)7-9(13)5-6-10(14)8-12(16)18-4-2/h5-6H,3-4,7-8H2,1-2H3/b6-5-. The fraction of sp³-hybridized carbons (Fsp3) is 0.500. The highest BCUT2D eigenvalue weighted by Gasteiger charge is 2.10. The molecule has 0 atom stereocenters. The third-order valence-corrected chi connectivity index (χ3v) is 1.70. The molecule has 0 unspecified atom stereocenters. The molecule has 18 heavy (non-hydrogen) atoms. The summed E-state index contributed by atoms with van der Waals surface area (Å²) in [4.78, 5) is 44.2. The van der Waals surface area contributed by atoms with Crippen molar-refractivity contribution in [1.82, 2.24) is 0 Å². The molecule has 0 aromatic rings. The van der Waals surface area contributed by atoms with Gasteiger partial charge in [0.1, 0.15) is 12.8 Å². The van der Waals surface area contributed by atoms with E-state index in [0.717, 1.165) is 12.2 Å². The average Bonchev–Trinajstić information content (AvgIpc) is 2.27. The van der Waals surface area contributed by atoms with E-state index < -0.39 is 36.3 Å². The molecule has 0 aliphatic carbocycles. The fourth-order valence-corrected chi connectivity index (χ4v) is 1.01. The molecule has 0 N–H and O–H groups in total. The van der Waals surface area contributed by atoms with Crippen molar-refractivity contribution in [3.63, 3.8) is 0 Å². The third-order valence-electron chi connectivity index (χ3n) is 1.70. The highest BCUT2D eigenvalue weighted by Crippen LogP contribution is 1.94. The lowest BCUT2D eigenvalue weighted by Gasteiger charge is -1.98. The van der Waals surface area contributed by atoms with E-state index in [2.05, 4.69) is 9.47 Å². The van der Waals surface area contributed by atoms with E-state index in [4.69, 9.17) is 0 Å². The number of hydrogen-bond acceptors (Lipinski definition) is 6. The van der Waals surface area contributed by atoms with Crippen LogP contribution in [0.4, 0.5) is 0 Å². The Morgan fingerprint density at radius 1 is 0.778 bits per heavy atom. The summed E-state index contributed by atoms with van der Waals surface area (Å²) in [5.74, 6) is -2.40. The number of carbonyl (C=O) groups excluding carboxylic acids is 4. The van der Waals surface area contributed by atoms with Gasteiger partial charge in [-0.25, -0.2) is 0 Å². The second kappa shape index (κ2) is 9.09. The lowest BCUT2D eigenvalue weighted by atomic mass is 10.2. The number of esters is 2. The molecule has 0 aromatic carbocycles. The number of rotatable bonds is 8. The maximum Gasteiger partial charge on any atom is 0.313 e. The van der Waals surface area contributed by atoms with Gasteiger partial charge in [-0.2, -0.15) is 0 Å². The molecule has 0 bridgehead atoms. The fourth-order valence-electron chi connectivity index (χ4n) is 1.01. The van der Waals surface area contributed by atoms with Crippen molar-refractivity contribution in [2.24, 2.45) is 0 Å². The molecule has 6 nitrogen and oxygen atoms in total. The molecule has 0 amide bonds. The van der Waals surface area contributed by atoms with Gasteiger partial charge in [-0.15, -0.1) is 0 Å². The van der Waals surface area contributed by atoms with Gasteiger partial charge in [0, 0.05) is 0 Å². The molecule has 0 rings (SSSR count). The van der Waals surface area contributed by atoms with Gasteiger partial charge in [0.15, 0.2) is 11.6 Å². The zero-order valence-corrected chi connectivity index (χ0v) is 10.4. The van der Waals surface area contributed by atoms with E-state index in [1.165, 1.54) is 0 Å². The minimum Gasteiger partial charge on any atom is -0.466 e. The first-order chi connectivity index (χ1) is 8.49. The van der Waals surface area contributed by atoms with E-state index in [9.17, 15) is 19.2 Å². The van der Waals surface area contributed by atoms with Gasteiger partial charge in [0.2, 0.25) is 0 Å². The molecule has 0 saturated carbocycles. The smallest absolute Gasteiger partial charge is 0.313 e. The Kier molecular flexibility index (Phi) is 8.09. The summed E-state index contributed by atoms with van der Waals surface area (Å²) in [5, 5.41) is 0. The third kappa shape index (κ3) is 8.20. The van der Waals surface area contributed by atoms with E-state index >= 15 is 0 Å². The monoisotopic (exact) mass is 256 g/mol. The van der Waals surface area contributed by atoms with E-state index in [1.54, 1.807) is 13.8 Å². The SMILES string of the molecule is CCOC(=O)CC(=O)/C=C\C(=O)CC(=O)OCC. The quantitative estimate of drug-likeness (QED) is 0.359. The van der Waals surface area contributed by atoms with Crippen LogP contribution in [0.5, 0.6) is 0 Å². The van der Waals surface area contributed by atoms with Gasteiger partial charge in [-0.3, -0.25) is 19.2 Å². The molecule has 0 fully saturated rings. The molecule has 0 saturated heterocycles. The summed E-state index contributed by atoms with van der Waals surface area (Å²) < 4.78 is 9.13. The first-order valence-electron chi connectivity index (χ1n) is 5.54. The van der Waals surface area contributed by atoms with Crippen LogP contribution in [-0.2, 0) is 28.7 Å². The lowest BCUT2D eigenvalue weighted by Crippen LogP contribution is -2.11. The second-order valence-corrected chi connectivity index (χ2v) is 3.23. The molecule has 0 aromatic heterocycles. The molecular weight excluding hydrogens is 240 g/mol. The predicted molar refractivity (Wildman–Crippen MR) is 61.7 cm³/mol. The average molecular weight is 256 g/mol. The first-order valence-corrected chi connectivity index (χ1v) is 5.54. The van der Waals surface area contributed by atoms with E-state index in [0.29, 0.717) is 0 Å². The van der Waals surface area contributed by atoms with Crippen molar-refractivity contribution in [3.05, 3.63) is 12.2 Å². The summed E-state index contributed by atoms with van der Waals surface area (Å²) in [5.41, 5.74) is 0. The number of carbonyl (C=O) groups is 4. The summed E-state index contributed by atoms with van der Waals surface area (Å²) in [6.07, 6.45) is 1.07. The van der Waals surface area contributed by atoms with Crippen molar-refractivity contribution in [1.29, 1.82) is 0 Å².